The molecule has 0 radical (unpaired) electrons. The Morgan fingerprint density at radius 3 is 2.52 bits per heavy atom. The number of urea groups is 1. The zero-order chi connectivity index (χ0) is 16.0. The Balaban J connectivity index is 2.72. The molecule has 2 amide bonds. The predicted octanol–water partition coefficient (Wildman–Crippen LogP) is 2.71. The Morgan fingerprint density at radius 1 is 1.33 bits per heavy atom. The van der Waals surface area contributed by atoms with Gasteiger partial charge in [0.15, 0.2) is 0 Å². The van der Waals surface area contributed by atoms with Gasteiger partial charge in [-0.15, -0.1) is 0 Å². The summed E-state index contributed by atoms with van der Waals surface area (Å²) < 4.78 is 5.34. The molecule has 21 heavy (non-hydrogen) atoms. The minimum Gasteiger partial charge on any atom is -0.494 e. The average Bonchev–Trinajstić information content (AvgIpc) is 2.35. The molecule has 1 aromatic rings. The molecule has 0 aliphatic carbocycles. The van der Waals surface area contributed by atoms with Gasteiger partial charge in [-0.2, -0.15) is 0 Å². The smallest absolute Gasteiger partial charge is 0.326 e. The molecule has 116 valence electrons. The van der Waals surface area contributed by atoms with E-state index in [1.165, 1.54) is 0 Å². The van der Waals surface area contributed by atoms with Crippen LogP contribution in [0.15, 0.2) is 24.3 Å². The number of carbonyl (C=O) groups excluding carboxylic acids is 1. The van der Waals surface area contributed by atoms with Gasteiger partial charge in [0.05, 0.1) is 6.61 Å². The van der Waals surface area contributed by atoms with Gasteiger partial charge in [0.25, 0.3) is 0 Å². The quantitative estimate of drug-likeness (QED) is 0.779. The molecule has 6 nitrogen and oxygen atoms in total. The third-order valence-electron chi connectivity index (χ3n) is 2.79. The van der Waals surface area contributed by atoms with Crippen molar-refractivity contribution >= 4 is 17.7 Å². The molecule has 0 fully saturated rings. The number of aliphatic carboxylic acids is 1. The highest BCUT2D eigenvalue weighted by Gasteiger charge is 2.32. The molecule has 1 atom stereocenters. The van der Waals surface area contributed by atoms with Gasteiger partial charge in [-0.1, -0.05) is 26.8 Å². The highest BCUT2D eigenvalue weighted by Crippen LogP contribution is 2.20. The van der Waals surface area contributed by atoms with Crippen molar-refractivity contribution in [3.05, 3.63) is 24.3 Å². The average molecular weight is 294 g/mol. The number of rotatable bonds is 5. The second-order valence-corrected chi connectivity index (χ2v) is 5.70. The van der Waals surface area contributed by atoms with Crippen LogP contribution < -0.4 is 15.4 Å². The van der Waals surface area contributed by atoms with E-state index in [1.807, 2.05) is 6.92 Å². The highest BCUT2D eigenvalue weighted by atomic mass is 16.5. The fourth-order valence-corrected chi connectivity index (χ4v) is 1.78. The number of nitrogens with one attached hydrogen (secondary N) is 2. The van der Waals surface area contributed by atoms with Crippen molar-refractivity contribution < 1.29 is 19.4 Å². The predicted molar refractivity (Wildman–Crippen MR) is 80.6 cm³/mol. The van der Waals surface area contributed by atoms with Crippen LogP contribution in [0, 0.1) is 5.41 Å². The van der Waals surface area contributed by atoms with Crippen LogP contribution in [0.2, 0.25) is 0 Å². The number of hydrogen-bond acceptors (Lipinski definition) is 3. The van der Waals surface area contributed by atoms with Gasteiger partial charge >= 0.3 is 12.0 Å². The number of amides is 2. The van der Waals surface area contributed by atoms with Crippen LogP contribution in [0.3, 0.4) is 0 Å². The molecular weight excluding hydrogens is 272 g/mol. The minimum absolute atomic E-state index is 0.529. The first-order valence-electron chi connectivity index (χ1n) is 6.77. The Hall–Kier alpha value is -2.24. The second-order valence-electron chi connectivity index (χ2n) is 5.70. The first-order valence-corrected chi connectivity index (χ1v) is 6.77. The van der Waals surface area contributed by atoms with E-state index in [0.29, 0.717) is 18.0 Å². The fraction of sp³-hybridized carbons (Fsp3) is 0.467. The highest BCUT2D eigenvalue weighted by molar-refractivity contribution is 5.92. The molecule has 1 rings (SSSR count). The molecule has 0 bridgehead atoms. The summed E-state index contributed by atoms with van der Waals surface area (Å²) in [7, 11) is 0. The topological polar surface area (TPSA) is 87.7 Å². The lowest BCUT2D eigenvalue weighted by Crippen LogP contribution is -2.50. The molecule has 0 unspecified atom stereocenters. The molecule has 0 saturated heterocycles. The number of anilines is 1. The summed E-state index contributed by atoms with van der Waals surface area (Å²) in [6.45, 7) is 7.65. The largest absolute Gasteiger partial charge is 0.494 e. The molecule has 0 saturated carbocycles. The lowest BCUT2D eigenvalue weighted by molar-refractivity contribution is -0.141. The lowest BCUT2D eigenvalue weighted by atomic mass is 9.87. The number of benzene rings is 1. The van der Waals surface area contributed by atoms with Crippen molar-refractivity contribution in [3.63, 3.8) is 0 Å². The molecule has 0 aromatic heterocycles. The van der Waals surface area contributed by atoms with Gasteiger partial charge in [0.1, 0.15) is 11.8 Å². The van der Waals surface area contributed by atoms with Crippen LogP contribution in [-0.4, -0.2) is 29.8 Å². The lowest BCUT2D eigenvalue weighted by Gasteiger charge is -2.27. The van der Waals surface area contributed by atoms with E-state index in [9.17, 15) is 14.7 Å². The van der Waals surface area contributed by atoms with E-state index < -0.39 is 23.5 Å². The maximum atomic E-state index is 11.9. The number of carboxylic acids is 1. The zero-order valence-electron chi connectivity index (χ0n) is 12.8. The van der Waals surface area contributed by atoms with Gasteiger partial charge in [-0.25, -0.2) is 9.59 Å². The number of carboxylic acid groups (broad SMARTS) is 1. The van der Waals surface area contributed by atoms with Crippen LogP contribution in [0.4, 0.5) is 10.5 Å². The van der Waals surface area contributed by atoms with Crippen LogP contribution >= 0.6 is 0 Å². The maximum absolute atomic E-state index is 11.9. The van der Waals surface area contributed by atoms with Crippen molar-refractivity contribution in [2.75, 3.05) is 11.9 Å². The van der Waals surface area contributed by atoms with E-state index in [-0.39, 0.29) is 0 Å². The normalized spacial score (nSPS) is 12.4. The molecular formula is C15H22N2O4. The van der Waals surface area contributed by atoms with E-state index in [2.05, 4.69) is 10.6 Å². The van der Waals surface area contributed by atoms with E-state index >= 15 is 0 Å². The van der Waals surface area contributed by atoms with Crippen LogP contribution in [0.25, 0.3) is 0 Å². The number of hydrogen-bond donors (Lipinski definition) is 3. The van der Waals surface area contributed by atoms with Crippen LogP contribution in [-0.2, 0) is 4.79 Å². The summed E-state index contributed by atoms with van der Waals surface area (Å²) in [5.41, 5.74) is -0.0485. The number of carbonyl (C=O) groups is 2. The van der Waals surface area contributed by atoms with Crippen molar-refractivity contribution in [2.45, 2.75) is 33.7 Å². The summed E-state index contributed by atoms with van der Waals surface area (Å²) in [5, 5.41) is 14.2. The summed E-state index contributed by atoms with van der Waals surface area (Å²) in [6, 6.07) is 5.37. The van der Waals surface area contributed by atoms with E-state index in [1.54, 1.807) is 45.0 Å². The fourth-order valence-electron chi connectivity index (χ4n) is 1.78. The van der Waals surface area contributed by atoms with Gasteiger partial charge in [0, 0.05) is 11.8 Å². The standard InChI is InChI=1S/C15H22N2O4/c1-5-21-11-8-6-7-10(9-11)16-14(20)17-12(13(18)19)15(2,3)4/h6-9,12H,5H2,1-4H3,(H,18,19)(H2,16,17,20)/t12-/m1/s1. The summed E-state index contributed by atoms with van der Waals surface area (Å²) in [4.78, 5) is 23.1. The third-order valence-corrected chi connectivity index (χ3v) is 2.79. The Morgan fingerprint density at radius 2 is 2.00 bits per heavy atom. The maximum Gasteiger partial charge on any atom is 0.326 e. The third kappa shape index (κ3) is 5.33. The van der Waals surface area contributed by atoms with Gasteiger partial charge in [0.2, 0.25) is 0 Å². The van der Waals surface area contributed by atoms with Crippen LogP contribution in [0.5, 0.6) is 5.75 Å². The summed E-state index contributed by atoms with van der Waals surface area (Å²) in [6.07, 6.45) is 0. The number of ether oxygens (including phenoxy) is 1. The van der Waals surface area contributed by atoms with E-state index in [4.69, 9.17) is 4.74 Å². The molecule has 0 spiro atoms. The summed E-state index contributed by atoms with van der Waals surface area (Å²) in [5.74, 6) is -0.429. The van der Waals surface area contributed by atoms with Crippen molar-refractivity contribution in [1.82, 2.24) is 5.32 Å². The van der Waals surface area contributed by atoms with Crippen molar-refractivity contribution in [1.29, 1.82) is 0 Å². The first-order chi connectivity index (χ1) is 9.74. The Bertz CT molecular complexity index is 509. The van der Waals surface area contributed by atoms with Crippen molar-refractivity contribution in [2.24, 2.45) is 5.41 Å². The molecule has 6 heteroatoms. The van der Waals surface area contributed by atoms with Gasteiger partial charge < -0.3 is 20.5 Å². The second kappa shape index (κ2) is 6.97. The van der Waals surface area contributed by atoms with E-state index in [0.717, 1.165) is 0 Å². The van der Waals surface area contributed by atoms with Gasteiger partial charge in [-0.3, -0.25) is 0 Å². The molecule has 3 N–H and O–H groups in total. The van der Waals surface area contributed by atoms with Gasteiger partial charge in [-0.05, 0) is 24.5 Å². The molecule has 1 aromatic carbocycles. The van der Waals surface area contributed by atoms with Crippen LogP contribution in [0.1, 0.15) is 27.7 Å². The first kappa shape index (κ1) is 16.8. The zero-order valence-corrected chi connectivity index (χ0v) is 12.8. The molecule has 0 heterocycles. The molecule has 0 aliphatic rings. The summed E-state index contributed by atoms with van der Waals surface area (Å²) >= 11 is 0. The van der Waals surface area contributed by atoms with Crippen molar-refractivity contribution in [3.8, 4) is 5.75 Å². The monoisotopic (exact) mass is 294 g/mol. The Labute approximate surface area is 124 Å². The molecule has 0 aliphatic heterocycles. The Kier molecular flexibility index (Phi) is 5.58. The SMILES string of the molecule is CCOc1cccc(NC(=O)N[C@H](C(=O)O)C(C)(C)C)c1. The minimum atomic E-state index is -1.07.